The number of carboxylic acid groups (broad SMARTS) is 1. The summed E-state index contributed by atoms with van der Waals surface area (Å²) in [5, 5.41) is 12.7. The number of rotatable bonds is 7. The molecule has 0 radical (unpaired) electrons. The van der Waals surface area contributed by atoms with Gasteiger partial charge in [0.05, 0.1) is 6.42 Å². The molecule has 0 fully saturated rings. The zero-order chi connectivity index (χ0) is 12.7. The zero-order valence-electron chi connectivity index (χ0n) is 10.3. The van der Waals surface area contributed by atoms with Crippen molar-refractivity contribution in [3.8, 4) is 0 Å². The molecule has 0 amide bonds. The Morgan fingerprint density at radius 2 is 2.06 bits per heavy atom. The third kappa shape index (κ3) is 5.24. The molecule has 1 unspecified atom stereocenters. The Bertz CT molecular complexity index is 368. The Labute approximate surface area is 107 Å². The number of benzene rings is 1. The van der Waals surface area contributed by atoms with Crippen LogP contribution >= 0.6 is 11.8 Å². The van der Waals surface area contributed by atoms with E-state index in [2.05, 4.69) is 18.5 Å². The summed E-state index contributed by atoms with van der Waals surface area (Å²) in [6, 6.07) is 7.69. The highest BCUT2D eigenvalue weighted by Gasteiger charge is 2.06. The van der Waals surface area contributed by atoms with Crippen LogP contribution in [0.3, 0.4) is 0 Å². The minimum atomic E-state index is -0.782. The number of carbonyl (C=O) groups is 1. The van der Waals surface area contributed by atoms with Crippen LogP contribution in [-0.4, -0.2) is 29.1 Å². The predicted molar refractivity (Wildman–Crippen MR) is 72.5 cm³/mol. The van der Waals surface area contributed by atoms with E-state index in [-0.39, 0.29) is 6.42 Å². The summed E-state index contributed by atoms with van der Waals surface area (Å²) in [6.45, 7) is 3.83. The fourth-order valence-electron chi connectivity index (χ4n) is 1.56. The second-order valence-corrected chi connectivity index (χ2v) is 5.29. The van der Waals surface area contributed by atoms with Gasteiger partial charge in [0.1, 0.15) is 0 Å². The molecule has 0 aromatic heterocycles. The number of hydrogen-bond donors (Lipinski definition) is 2. The molecule has 1 aromatic carbocycles. The Morgan fingerprint density at radius 1 is 1.41 bits per heavy atom. The van der Waals surface area contributed by atoms with Crippen molar-refractivity contribution in [1.82, 2.24) is 5.32 Å². The normalized spacial score (nSPS) is 12.4. The van der Waals surface area contributed by atoms with E-state index in [0.29, 0.717) is 5.25 Å². The van der Waals surface area contributed by atoms with Crippen LogP contribution in [0.5, 0.6) is 0 Å². The Morgan fingerprint density at radius 3 is 2.65 bits per heavy atom. The highest BCUT2D eigenvalue weighted by atomic mass is 32.2. The van der Waals surface area contributed by atoms with Gasteiger partial charge in [-0.2, -0.15) is 11.8 Å². The lowest BCUT2D eigenvalue weighted by molar-refractivity contribution is -0.136. The summed E-state index contributed by atoms with van der Waals surface area (Å²) in [5.74, 6) is -0.782. The number of nitrogens with one attached hydrogen (secondary N) is 1. The van der Waals surface area contributed by atoms with Gasteiger partial charge in [0.25, 0.3) is 0 Å². The van der Waals surface area contributed by atoms with Crippen molar-refractivity contribution in [1.29, 1.82) is 0 Å². The molecule has 0 bridgehead atoms. The molecule has 2 N–H and O–H groups in total. The first-order valence-electron chi connectivity index (χ1n) is 5.65. The first kappa shape index (κ1) is 14.1. The average Bonchev–Trinajstić information content (AvgIpc) is 2.30. The molecule has 1 aromatic rings. The molecule has 0 aliphatic rings. The maximum Gasteiger partial charge on any atom is 0.307 e. The topological polar surface area (TPSA) is 49.3 Å². The van der Waals surface area contributed by atoms with Gasteiger partial charge >= 0.3 is 5.97 Å². The average molecular weight is 253 g/mol. The van der Waals surface area contributed by atoms with Gasteiger partial charge in [0.2, 0.25) is 0 Å². The van der Waals surface area contributed by atoms with Gasteiger partial charge in [-0.25, -0.2) is 0 Å². The lowest BCUT2D eigenvalue weighted by Crippen LogP contribution is -2.22. The summed E-state index contributed by atoms with van der Waals surface area (Å²) >= 11 is 1.82. The van der Waals surface area contributed by atoms with E-state index in [1.54, 1.807) is 0 Å². The van der Waals surface area contributed by atoms with E-state index in [0.717, 1.165) is 24.2 Å². The smallest absolute Gasteiger partial charge is 0.307 e. The third-order valence-corrected chi connectivity index (χ3v) is 3.58. The fourth-order valence-corrected chi connectivity index (χ4v) is 1.84. The molecule has 0 saturated carbocycles. The number of thioether (sulfide) groups is 1. The molecular weight excluding hydrogens is 234 g/mol. The van der Waals surface area contributed by atoms with E-state index in [9.17, 15) is 4.79 Å². The quantitative estimate of drug-likeness (QED) is 0.782. The van der Waals surface area contributed by atoms with E-state index in [4.69, 9.17) is 5.11 Å². The number of hydrogen-bond acceptors (Lipinski definition) is 3. The summed E-state index contributed by atoms with van der Waals surface area (Å²) in [6.07, 6.45) is 2.18. The predicted octanol–water partition coefficient (Wildman–Crippen LogP) is 2.15. The van der Waals surface area contributed by atoms with Gasteiger partial charge in [-0.3, -0.25) is 4.79 Å². The molecule has 0 heterocycles. The van der Waals surface area contributed by atoms with Crippen LogP contribution in [0.4, 0.5) is 0 Å². The van der Waals surface area contributed by atoms with Gasteiger partial charge in [0.15, 0.2) is 0 Å². The van der Waals surface area contributed by atoms with Crippen molar-refractivity contribution < 1.29 is 9.90 Å². The highest BCUT2D eigenvalue weighted by molar-refractivity contribution is 7.99. The second-order valence-electron chi connectivity index (χ2n) is 4.02. The van der Waals surface area contributed by atoms with Gasteiger partial charge in [-0.1, -0.05) is 31.2 Å². The maximum absolute atomic E-state index is 10.7. The molecular formula is C13H19NO2S. The molecule has 1 rings (SSSR count). The number of carboxylic acids is 1. The third-order valence-electron chi connectivity index (χ3n) is 2.61. The number of aliphatic carboxylic acids is 1. The molecule has 17 heavy (non-hydrogen) atoms. The molecule has 94 valence electrons. The minimum absolute atomic E-state index is 0.0932. The van der Waals surface area contributed by atoms with E-state index in [1.807, 2.05) is 36.0 Å². The minimum Gasteiger partial charge on any atom is -0.481 e. The van der Waals surface area contributed by atoms with Crippen LogP contribution in [0.2, 0.25) is 0 Å². The van der Waals surface area contributed by atoms with Crippen molar-refractivity contribution in [2.45, 2.75) is 25.1 Å². The Hall–Kier alpha value is -1.00. The highest BCUT2D eigenvalue weighted by Crippen LogP contribution is 2.10. The van der Waals surface area contributed by atoms with Gasteiger partial charge < -0.3 is 10.4 Å². The monoisotopic (exact) mass is 253 g/mol. The van der Waals surface area contributed by atoms with Crippen LogP contribution < -0.4 is 5.32 Å². The Balaban J connectivity index is 2.54. The van der Waals surface area contributed by atoms with Crippen LogP contribution in [0.1, 0.15) is 18.1 Å². The first-order valence-corrected chi connectivity index (χ1v) is 6.94. The maximum atomic E-state index is 10.7. The molecule has 1 atom stereocenters. The summed E-state index contributed by atoms with van der Waals surface area (Å²) in [4.78, 5) is 10.7. The van der Waals surface area contributed by atoms with E-state index >= 15 is 0 Å². The van der Waals surface area contributed by atoms with E-state index in [1.165, 1.54) is 0 Å². The van der Waals surface area contributed by atoms with Crippen LogP contribution in [-0.2, 0) is 17.8 Å². The van der Waals surface area contributed by atoms with Crippen LogP contribution in [0.25, 0.3) is 0 Å². The van der Waals surface area contributed by atoms with Crippen LogP contribution in [0, 0.1) is 0 Å². The fraction of sp³-hybridized carbons (Fsp3) is 0.462. The van der Waals surface area contributed by atoms with Crippen molar-refractivity contribution in [2.24, 2.45) is 0 Å². The van der Waals surface area contributed by atoms with Gasteiger partial charge in [-0.05, 0) is 17.4 Å². The summed E-state index contributed by atoms with van der Waals surface area (Å²) in [7, 11) is 0. The largest absolute Gasteiger partial charge is 0.481 e. The standard InChI is InChI=1S/C13H19NO2S/c1-10(17-2)8-14-9-12-6-4-3-5-11(12)7-13(15)16/h3-6,10,14H,7-9H2,1-2H3,(H,15,16). The van der Waals surface area contributed by atoms with Crippen molar-refractivity contribution in [2.75, 3.05) is 12.8 Å². The molecule has 0 saturated heterocycles. The molecule has 0 spiro atoms. The van der Waals surface area contributed by atoms with Gasteiger partial charge in [-0.15, -0.1) is 0 Å². The summed E-state index contributed by atoms with van der Waals surface area (Å²) in [5.41, 5.74) is 1.97. The second kappa shape index (κ2) is 7.35. The molecule has 0 aliphatic heterocycles. The first-order chi connectivity index (χ1) is 8.13. The Kier molecular flexibility index (Phi) is 6.08. The van der Waals surface area contributed by atoms with Crippen molar-refractivity contribution in [3.05, 3.63) is 35.4 Å². The van der Waals surface area contributed by atoms with Gasteiger partial charge in [0, 0.05) is 18.3 Å². The van der Waals surface area contributed by atoms with Crippen LogP contribution in [0.15, 0.2) is 24.3 Å². The van der Waals surface area contributed by atoms with Crippen molar-refractivity contribution >= 4 is 17.7 Å². The van der Waals surface area contributed by atoms with Crippen molar-refractivity contribution in [3.63, 3.8) is 0 Å². The lowest BCUT2D eigenvalue weighted by Gasteiger charge is -2.12. The lowest BCUT2D eigenvalue weighted by atomic mass is 10.0. The molecule has 4 heteroatoms. The molecule has 0 aliphatic carbocycles. The van der Waals surface area contributed by atoms with E-state index < -0.39 is 5.97 Å². The zero-order valence-corrected chi connectivity index (χ0v) is 11.1. The molecule has 3 nitrogen and oxygen atoms in total. The SMILES string of the molecule is CSC(C)CNCc1ccccc1CC(=O)O. The summed E-state index contributed by atoms with van der Waals surface area (Å²) < 4.78 is 0.